The maximum Gasteiger partial charge on any atom is 0.273 e. The number of hydrazine groups is 1. The fraction of sp³-hybridized carbons (Fsp3) is 0.348. The van der Waals surface area contributed by atoms with Crippen LogP contribution < -0.4 is 0 Å². The quantitative estimate of drug-likeness (QED) is 0.351. The van der Waals surface area contributed by atoms with E-state index < -0.39 is 22.7 Å². The highest BCUT2D eigenvalue weighted by Crippen LogP contribution is 2.56. The van der Waals surface area contributed by atoms with Gasteiger partial charge in [-0.25, -0.2) is 5.01 Å². The minimum atomic E-state index is -0.696. The highest BCUT2D eigenvalue weighted by atomic mass is 35.5. The highest BCUT2D eigenvalue weighted by molar-refractivity contribution is 6.35. The lowest BCUT2D eigenvalue weighted by Gasteiger charge is -2.31. The zero-order chi connectivity index (χ0) is 23.4. The summed E-state index contributed by atoms with van der Waals surface area (Å²) in [6.45, 7) is -0.163. The Morgan fingerprint density at radius 1 is 1.06 bits per heavy atom. The van der Waals surface area contributed by atoms with E-state index in [1.54, 1.807) is 12.1 Å². The molecule has 2 aliphatic carbocycles. The summed E-state index contributed by atoms with van der Waals surface area (Å²) in [6, 6.07) is 9.94. The number of carbonyl (C=O) groups excluding carboxylic acids is 3. The Kier molecular flexibility index (Phi) is 5.37. The van der Waals surface area contributed by atoms with Crippen LogP contribution in [0.4, 0.5) is 5.69 Å². The van der Waals surface area contributed by atoms with Crippen molar-refractivity contribution in [3.63, 3.8) is 0 Å². The summed E-state index contributed by atoms with van der Waals surface area (Å²) in [4.78, 5) is 51.0. The van der Waals surface area contributed by atoms with Crippen molar-refractivity contribution < 1.29 is 19.3 Å². The summed E-state index contributed by atoms with van der Waals surface area (Å²) in [5.74, 6) is -2.01. The number of fused-ring (bicyclic) bond motifs is 5. The van der Waals surface area contributed by atoms with Crippen LogP contribution in [0.1, 0.15) is 35.2 Å². The van der Waals surface area contributed by atoms with E-state index in [9.17, 15) is 24.5 Å². The predicted molar refractivity (Wildman–Crippen MR) is 119 cm³/mol. The van der Waals surface area contributed by atoms with Gasteiger partial charge in [-0.2, -0.15) is 5.01 Å². The fourth-order valence-corrected chi connectivity index (χ4v) is 6.05. The smallest absolute Gasteiger partial charge is 0.272 e. The number of nitro groups is 1. The molecule has 8 nitrogen and oxygen atoms in total. The topological polar surface area (TPSA) is 101 Å². The van der Waals surface area contributed by atoms with Gasteiger partial charge in [-0.15, -0.1) is 0 Å². The van der Waals surface area contributed by atoms with Crippen LogP contribution in [0.15, 0.2) is 42.5 Å². The molecule has 2 bridgehead atoms. The van der Waals surface area contributed by atoms with E-state index >= 15 is 0 Å². The molecular weight excluding hydrogens is 469 g/mol. The Labute approximate surface area is 199 Å². The second kappa shape index (κ2) is 8.11. The van der Waals surface area contributed by atoms with E-state index in [0.717, 1.165) is 35.3 Å². The molecule has 2 aromatic rings. The van der Waals surface area contributed by atoms with Crippen LogP contribution in [0.25, 0.3) is 0 Å². The standard InChI is InChI=1S/C23H19Cl2N3O5/c24-16-7-6-15(18(25)10-16)11-26(21(29)14-2-1-3-17(9-14)28(32)33)27-22(30)19-12-4-5-13(8-12)20(19)23(27)31/h1-3,6-7,9-10,12-13,19-20H,4-5,8,11H2/t12-,13-,19-,20+/m0/s1. The number of rotatable bonds is 5. The lowest BCUT2D eigenvalue weighted by Crippen LogP contribution is -2.50. The molecule has 3 fully saturated rings. The van der Waals surface area contributed by atoms with Crippen LogP contribution in [0.5, 0.6) is 0 Å². The van der Waals surface area contributed by atoms with Gasteiger partial charge in [-0.3, -0.25) is 24.5 Å². The monoisotopic (exact) mass is 487 g/mol. The third-order valence-corrected chi connectivity index (χ3v) is 7.61. The van der Waals surface area contributed by atoms with Crippen LogP contribution in [0, 0.1) is 33.8 Å². The Bertz CT molecular complexity index is 1170. The number of halogens is 2. The van der Waals surface area contributed by atoms with Gasteiger partial charge >= 0.3 is 0 Å². The zero-order valence-corrected chi connectivity index (χ0v) is 18.8. The molecule has 1 heterocycles. The van der Waals surface area contributed by atoms with Crippen LogP contribution in [0.3, 0.4) is 0 Å². The molecule has 0 aromatic heterocycles. The van der Waals surface area contributed by atoms with E-state index in [0.29, 0.717) is 10.6 Å². The Morgan fingerprint density at radius 2 is 1.73 bits per heavy atom. The molecule has 5 rings (SSSR count). The number of amides is 3. The van der Waals surface area contributed by atoms with E-state index in [1.807, 2.05) is 0 Å². The molecule has 2 saturated carbocycles. The minimum Gasteiger partial charge on any atom is -0.272 e. The number of hydrogen-bond donors (Lipinski definition) is 0. The molecule has 170 valence electrons. The van der Waals surface area contributed by atoms with Gasteiger partial charge in [0, 0.05) is 27.7 Å². The second-order valence-electron chi connectivity index (χ2n) is 8.78. The molecule has 0 N–H and O–H groups in total. The first-order valence-corrected chi connectivity index (χ1v) is 11.4. The number of nitro benzene ring substituents is 1. The summed E-state index contributed by atoms with van der Waals surface area (Å²) in [5, 5.41) is 13.9. The minimum absolute atomic E-state index is 0.00471. The number of imide groups is 1. The number of benzene rings is 2. The molecular formula is C23H19Cl2N3O5. The van der Waals surface area contributed by atoms with Crippen LogP contribution in [-0.2, 0) is 16.1 Å². The lowest BCUT2D eigenvalue weighted by atomic mass is 9.81. The average Bonchev–Trinajstić information content (AvgIpc) is 3.47. The van der Waals surface area contributed by atoms with E-state index in [1.165, 1.54) is 24.3 Å². The third-order valence-electron chi connectivity index (χ3n) is 7.02. The first-order valence-electron chi connectivity index (χ1n) is 10.6. The normalized spacial score (nSPS) is 25.5. The number of hydrogen-bond acceptors (Lipinski definition) is 5. The van der Waals surface area contributed by atoms with Gasteiger partial charge in [0.15, 0.2) is 0 Å². The van der Waals surface area contributed by atoms with Crippen molar-refractivity contribution in [3.8, 4) is 0 Å². The maximum absolute atomic E-state index is 13.6. The maximum atomic E-state index is 13.6. The molecule has 33 heavy (non-hydrogen) atoms. The molecule has 0 unspecified atom stereocenters. The van der Waals surface area contributed by atoms with E-state index in [4.69, 9.17) is 23.2 Å². The van der Waals surface area contributed by atoms with Crippen molar-refractivity contribution >= 4 is 46.6 Å². The van der Waals surface area contributed by atoms with Crippen molar-refractivity contribution in [3.05, 3.63) is 73.8 Å². The zero-order valence-electron chi connectivity index (χ0n) is 17.3. The Hall–Kier alpha value is -2.97. The largest absolute Gasteiger partial charge is 0.273 e. The fourth-order valence-electron chi connectivity index (χ4n) is 5.58. The first-order chi connectivity index (χ1) is 15.8. The van der Waals surface area contributed by atoms with Crippen molar-refractivity contribution in [1.82, 2.24) is 10.0 Å². The highest BCUT2D eigenvalue weighted by Gasteiger charge is 2.62. The van der Waals surface area contributed by atoms with Crippen LogP contribution >= 0.6 is 23.2 Å². The van der Waals surface area contributed by atoms with Gasteiger partial charge < -0.3 is 0 Å². The third kappa shape index (κ3) is 3.57. The number of nitrogens with zero attached hydrogens (tertiary/aromatic N) is 3. The molecule has 3 amide bonds. The van der Waals surface area contributed by atoms with Gasteiger partial charge in [0.2, 0.25) is 0 Å². The molecule has 1 aliphatic heterocycles. The molecule has 0 spiro atoms. The summed E-state index contributed by atoms with van der Waals surface area (Å²) in [7, 11) is 0. The summed E-state index contributed by atoms with van der Waals surface area (Å²) >= 11 is 12.3. The number of non-ortho nitro benzene ring substituents is 1. The summed E-state index contributed by atoms with van der Waals surface area (Å²) in [6.07, 6.45) is 2.67. The van der Waals surface area contributed by atoms with Crippen LogP contribution in [0.2, 0.25) is 10.0 Å². The predicted octanol–water partition coefficient (Wildman–Crippen LogP) is 4.49. The van der Waals surface area contributed by atoms with Crippen molar-refractivity contribution in [2.45, 2.75) is 25.8 Å². The van der Waals surface area contributed by atoms with Gasteiger partial charge in [-0.1, -0.05) is 35.3 Å². The van der Waals surface area contributed by atoms with Crippen molar-refractivity contribution in [1.29, 1.82) is 0 Å². The summed E-state index contributed by atoms with van der Waals surface area (Å²) in [5.41, 5.74) is 0.217. The summed E-state index contributed by atoms with van der Waals surface area (Å²) < 4.78 is 0. The first kappa shape index (κ1) is 21.9. The SMILES string of the molecule is O=C(c1cccc([N+](=O)[O-])c1)N(Cc1ccc(Cl)cc1Cl)N1C(=O)[C@@H]2[C@H]3CC[C@@H](C3)[C@@H]2C1=O. The Balaban J connectivity index is 1.55. The van der Waals surface area contributed by atoms with Gasteiger partial charge in [0.25, 0.3) is 23.4 Å². The van der Waals surface area contributed by atoms with Crippen LogP contribution in [-0.4, -0.2) is 32.7 Å². The van der Waals surface area contributed by atoms with Gasteiger partial charge in [0.1, 0.15) is 0 Å². The molecule has 3 aliphatic rings. The van der Waals surface area contributed by atoms with E-state index in [2.05, 4.69) is 0 Å². The van der Waals surface area contributed by atoms with Gasteiger partial charge in [0.05, 0.1) is 23.3 Å². The van der Waals surface area contributed by atoms with E-state index in [-0.39, 0.29) is 46.5 Å². The molecule has 0 radical (unpaired) electrons. The van der Waals surface area contributed by atoms with Crippen molar-refractivity contribution in [2.24, 2.45) is 23.7 Å². The lowest BCUT2D eigenvalue weighted by molar-refractivity contribution is -0.384. The molecule has 4 atom stereocenters. The van der Waals surface area contributed by atoms with Gasteiger partial charge in [-0.05, 0) is 54.9 Å². The number of carbonyl (C=O) groups is 3. The molecule has 1 saturated heterocycles. The second-order valence-corrected chi connectivity index (χ2v) is 9.62. The molecule has 2 aromatic carbocycles. The van der Waals surface area contributed by atoms with Crippen molar-refractivity contribution in [2.75, 3.05) is 0 Å². The molecule has 10 heteroatoms. The average molecular weight is 488 g/mol. The Morgan fingerprint density at radius 3 is 2.33 bits per heavy atom.